The predicted molar refractivity (Wildman–Crippen MR) is 132 cm³/mol. The van der Waals surface area contributed by atoms with Crippen LogP contribution in [0.5, 0.6) is 11.5 Å². The second kappa shape index (κ2) is 10.5. The highest BCUT2D eigenvalue weighted by atomic mass is 16.5. The number of carbonyl (C=O) groups excluding carboxylic acids is 1. The van der Waals surface area contributed by atoms with Crippen molar-refractivity contribution in [2.45, 2.75) is 31.1 Å². The maximum absolute atomic E-state index is 12.4. The zero-order valence-corrected chi connectivity index (χ0v) is 19.4. The molecule has 0 spiro atoms. The first-order chi connectivity index (χ1) is 16.2. The zero-order valence-electron chi connectivity index (χ0n) is 19.4. The van der Waals surface area contributed by atoms with Crippen LogP contribution in [0.1, 0.15) is 36.8 Å². The van der Waals surface area contributed by atoms with Gasteiger partial charge >= 0.3 is 0 Å². The van der Waals surface area contributed by atoms with E-state index in [0.29, 0.717) is 6.54 Å². The fourth-order valence-electron chi connectivity index (χ4n) is 4.65. The van der Waals surface area contributed by atoms with E-state index in [1.165, 1.54) is 16.7 Å². The van der Waals surface area contributed by atoms with Gasteiger partial charge in [0.25, 0.3) is 0 Å². The molecule has 1 heterocycles. The second-order valence-electron chi connectivity index (χ2n) is 8.67. The standard InChI is InChI=1S/C28H32N2O3/c1-32-25-10-5-8-22(17-25)28(23-9-6-11-26(18-23)33-2)19-24(28)12-13-27(31)30-15-4-3-7-21-14-16-29-20-21/h5-6,8-14,16-18,24H,3-4,7,15,19-20H2,1-2H3,(H,30,31)/b13-12+/t24-/m1/s1. The molecule has 0 saturated heterocycles. The van der Waals surface area contributed by atoms with Gasteiger partial charge in [0.2, 0.25) is 5.91 Å². The number of aliphatic imine (C=N–C) groups is 1. The van der Waals surface area contributed by atoms with Gasteiger partial charge in [-0.2, -0.15) is 0 Å². The monoisotopic (exact) mass is 444 g/mol. The number of methoxy groups -OCH3 is 2. The number of nitrogens with one attached hydrogen (secondary N) is 1. The van der Waals surface area contributed by atoms with Gasteiger partial charge in [-0.3, -0.25) is 9.79 Å². The van der Waals surface area contributed by atoms with Crippen LogP contribution in [0.25, 0.3) is 0 Å². The van der Waals surface area contributed by atoms with Crippen LogP contribution in [0.15, 0.2) is 77.3 Å². The molecule has 4 rings (SSSR count). The van der Waals surface area contributed by atoms with Crippen molar-refractivity contribution in [1.82, 2.24) is 5.32 Å². The molecular formula is C28H32N2O3. The van der Waals surface area contributed by atoms with E-state index in [9.17, 15) is 4.79 Å². The summed E-state index contributed by atoms with van der Waals surface area (Å²) in [5.41, 5.74) is 3.57. The molecule has 1 fully saturated rings. The minimum Gasteiger partial charge on any atom is -0.497 e. The Hall–Kier alpha value is -3.34. The van der Waals surface area contributed by atoms with Crippen LogP contribution >= 0.6 is 0 Å². The van der Waals surface area contributed by atoms with Crippen molar-refractivity contribution in [3.8, 4) is 11.5 Å². The number of nitrogens with zero attached hydrogens (tertiary/aromatic N) is 1. The summed E-state index contributed by atoms with van der Waals surface area (Å²) < 4.78 is 10.9. The molecule has 0 unspecified atom stereocenters. The van der Waals surface area contributed by atoms with Crippen LogP contribution in [0.2, 0.25) is 0 Å². The molecule has 1 atom stereocenters. The number of rotatable bonds is 11. The van der Waals surface area contributed by atoms with Crippen molar-refractivity contribution >= 4 is 12.1 Å². The Kier molecular flexibility index (Phi) is 7.28. The Bertz CT molecular complexity index is 1020. The second-order valence-corrected chi connectivity index (χ2v) is 8.67. The molecule has 1 amide bonds. The van der Waals surface area contributed by atoms with Crippen molar-refractivity contribution in [1.29, 1.82) is 0 Å². The van der Waals surface area contributed by atoms with E-state index in [4.69, 9.17) is 9.47 Å². The Morgan fingerprint density at radius 1 is 1.09 bits per heavy atom. The Morgan fingerprint density at radius 2 is 1.79 bits per heavy atom. The molecule has 2 aromatic rings. The van der Waals surface area contributed by atoms with Crippen molar-refractivity contribution in [2.75, 3.05) is 27.3 Å². The number of ether oxygens (including phenoxy) is 2. The van der Waals surface area contributed by atoms with Gasteiger partial charge in [-0.15, -0.1) is 0 Å². The number of carbonyl (C=O) groups is 1. The van der Waals surface area contributed by atoms with E-state index in [0.717, 1.165) is 43.7 Å². The maximum atomic E-state index is 12.4. The number of allylic oxidation sites excluding steroid dienone is 2. The quantitative estimate of drug-likeness (QED) is 0.398. The third-order valence-corrected chi connectivity index (χ3v) is 6.60. The fraction of sp³-hybridized carbons (Fsp3) is 0.357. The minimum atomic E-state index is -0.184. The molecular weight excluding hydrogens is 412 g/mol. The van der Waals surface area contributed by atoms with Crippen LogP contribution in [0.3, 0.4) is 0 Å². The van der Waals surface area contributed by atoms with E-state index >= 15 is 0 Å². The molecule has 5 nitrogen and oxygen atoms in total. The Labute approximate surface area is 196 Å². The summed E-state index contributed by atoms with van der Waals surface area (Å²) in [6, 6.07) is 16.4. The molecule has 1 aliphatic carbocycles. The van der Waals surface area contributed by atoms with Crippen LogP contribution in [-0.2, 0) is 10.2 Å². The highest BCUT2D eigenvalue weighted by Gasteiger charge is 2.55. The first-order valence-corrected chi connectivity index (χ1v) is 11.6. The summed E-state index contributed by atoms with van der Waals surface area (Å²) in [6.45, 7) is 1.53. The number of hydrogen-bond donors (Lipinski definition) is 1. The third kappa shape index (κ3) is 5.36. The summed E-state index contributed by atoms with van der Waals surface area (Å²) in [5.74, 6) is 1.87. The molecule has 0 aromatic heterocycles. The molecule has 1 saturated carbocycles. The summed E-state index contributed by atoms with van der Waals surface area (Å²) in [7, 11) is 3.37. The van der Waals surface area contributed by atoms with E-state index in [1.807, 2.05) is 30.5 Å². The van der Waals surface area contributed by atoms with Crippen LogP contribution in [0, 0.1) is 5.92 Å². The molecule has 0 bridgehead atoms. The maximum Gasteiger partial charge on any atom is 0.243 e. The number of hydrogen-bond acceptors (Lipinski definition) is 4. The molecule has 2 aliphatic rings. The van der Waals surface area contributed by atoms with Crippen LogP contribution < -0.4 is 14.8 Å². The molecule has 0 radical (unpaired) electrons. The average molecular weight is 445 g/mol. The Morgan fingerprint density at radius 3 is 2.39 bits per heavy atom. The van der Waals surface area contributed by atoms with Gasteiger partial charge in [0.15, 0.2) is 0 Å². The molecule has 2 aromatic carbocycles. The SMILES string of the molecule is COc1cccc(C2(c3cccc(OC)c3)C[C@H]2/C=C/C(=O)NCCCCC2=CC=NC2)c1. The normalized spacial score (nSPS) is 18.2. The van der Waals surface area contributed by atoms with E-state index in [1.54, 1.807) is 20.3 Å². The number of benzene rings is 2. The molecule has 1 aliphatic heterocycles. The lowest BCUT2D eigenvalue weighted by molar-refractivity contribution is -0.116. The molecule has 1 N–H and O–H groups in total. The molecule has 172 valence electrons. The van der Waals surface area contributed by atoms with Crippen LogP contribution in [0.4, 0.5) is 0 Å². The number of unbranched alkanes of at least 4 members (excludes halogenated alkanes) is 1. The van der Waals surface area contributed by atoms with Gasteiger partial charge < -0.3 is 14.8 Å². The fourth-order valence-corrected chi connectivity index (χ4v) is 4.65. The van der Waals surface area contributed by atoms with Crippen molar-refractivity contribution < 1.29 is 14.3 Å². The highest BCUT2D eigenvalue weighted by Crippen LogP contribution is 2.60. The number of amides is 1. The first-order valence-electron chi connectivity index (χ1n) is 11.6. The summed E-state index contributed by atoms with van der Waals surface area (Å²) >= 11 is 0. The van der Waals surface area contributed by atoms with E-state index in [2.05, 4.69) is 46.7 Å². The lowest BCUT2D eigenvalue weighted by atomic mass is 9.85. The van der Waals surface area contributed by atoms with Gasteiger partial charge in [0.05, 0.1) is 20.8 Å². The van der Waals surface area contributed by atoms with E-state index in [-0.39, 0.29) is 17.2 Å². The van der Waals surface area contributed by atoms with Crippen LogP contribution in [-0.4, -0.2) is 39.4 Å². The molecule has 5 heteroatoms. The largest absolute Gasteiger partial charge is 0.497 e. The summed E-state index contributed by atoms with van der Waals surface area (Å²) in [6.07, 6.45) is 11.7. The topological polar surface area (TPSA) is 59.9 Å². The zero-order chi connectivity index (χ0) is 23.1. The van der Waals surface area contributed by atoms with Gasteiger partial charge in [0, 0.05) is 18.2 Å². The van der Waals surface area contributed by atoms with Crippen molar-refractivity contribution in [2.24, 2.45) is 10.9 Å². The lowest BCUT2D eigenvalue weighted by Crippen LogP contribution is -2.22. The van der Waals surface area contributed by atoms with E-state index < -0.39 is 0 Å². The van der Waals surface area contributed by atoms with Crippen molar-refractivity contribution in [3.05, 3.63) is 83.5 Å². The van der Waals surface area contributed by atoms with Gasteiger partial charge in [-0.25, -0.2) is 0 Å². The average Bonchev–Trinajstić information content (AvgIpc) is 3.37. The third-order valence-electron chi connectivity index (χ3n) is 6.60. The van der Waals surface area contributed by atoms with Gasteiger partial charge in [0.1, 0.15) is 11.5 Å². The summed E-state index contributed by atoms with van der Waals surface area (Å²) in [4.78, 5) is 16.6. The van der Waals surface area contributed by atoms with Gasteiger partial charge in [-0.1, -0.05) is 30.3 Å². The van der Waals surface area contributed by atoms with Crippen molar-refractivity contribution in [3.63, 3.8) is 0 Å². The molecule has 33 heavy (non-hydrogen) atoms. The lowest BCUT2D eigenvalue weighted by Gasteiger charge is -2.20. The Balaban J connectivity index is 1.39. The highest BCUT2D eigenvalue weighted by molar-refractivity contribution is 5.87. The first kappa shape index (κ1) is 22.8. The van der Waals surface area contributed by atoms with Gasteiger partial charge in [-0.05, 0) is 84.7 Å². The summed E-state index contributed by atoms with van der Waals surface area (Å²) in [5, 5.41) is 3.02. The smallest absolute Gasteiger partial charge is 0.243 e. The minimum absolute atomic E-state index is 0.0319. The predicted octanol–water partition coefficient (Wildman–Crippen LogP) is 4.86.